The van der Waals surface area contributed by atoms with Crippen LogP contribution in [0.3, 0.4) is 0 Å². The van der Waals surface area contributed by atoms with Crippen LogP contribution in [0.25, 0.3) is 0 Å². The maximum Gasteiger partial charge on any atom is 0.292 e. The fraction of sp³-hybridized carbons (Fsp3) is 0.0714. The van der Waals surface area contributed by atoms with Crippen LogP contribution in [0.5, 0.6) is 5.75 Å². The highest BCUT2D eigenvalue weighted by atomic mass is 16.5. The number of benzene rings is 2. The molecule has 0 saturated carbocycles. The van der Waals surface area contributed by atoms with Gasteiger partial charge in [-0.2, -0.15) is 4.58 Å². The summed E-state index contributed by atoms with van der Waals surface area (Å²) in [6.07, 6.45) is 0. The van der Waals surface area contributed by atoms with Crippen molar-refractivity contribution >= 4 is 12.4 Å². The molecule has 2 rings (SSSR count). The number of nitrogens with zero attached hydrogens (tertiary/aromatic N) is 1. The molecule has 0 fully saturated rings. The lowest BCUT2D eigenvalue weighted by Gasteiger charge is -2.03. The zero-order valence-corrected chi connectivity index (χ0v) is 9.04. The summed E-state index contributed by atoms with van der Waals surface area (Å²) in [5, 5.41) is 0. The van der Waals surface area contributed by atoms with Crippen molar-refractivity contribution in [2.45, 2.75) is 0 Å². The number of rotatable bonds is 4. The Bertz CT molecular complexity index is 451. The van der Waals surface area contributed by atoms with E-state index in [0.29, 0.717) is 6.73 Å². The third-order valence-electron chi connectivity index (χ3n) is 2.25. The van der Waals surface area contributed by atoms with Gasteiger partial charge >= 0.3 is 0 Å². The molecule has 0 bridgehead atoms. The first-order chi connectivity index (χ1) is 7.86. The van der Waals surface area contributed by atoms with Gasteiger partial charge in [-0.3, -0.25) is 0 Å². The number of para-hydroxylation sites is 2. The standard InChI is InChI=1S/C14H14NO/c1-15(13-8-4-2-5-9-13)12-16-14-10-6-3-7-11-14/h2-11H,1,12H2/q+1. The quantitative estimate of drug-likeness (QED) is 0.431. The Kier molecular flexibility index (Phi) is 3.34. The number of hydrogen-bond donors (Lipinski definition) is 0. The molecule has 0 aliphatic rings. The van der Waals surface area contributed by atoms with E-state index in [9.17, 15) is 0 Å². The van der Waals surface area contributed by atoms with Gasteiger partial charge in [-0.05, 0) is 12.1 Å². The molecular weight excluding hydrogens is 198 g/mol. The summed E-state index contributed by atoms with van der Waals surface area (Å²) < 4.78 is 7.40. The Labute approximate surface area is 95.4 Å². The van der Waals surface area contributed by atoms with E-state index in [1.165, 1.54) is 0 Å². The molecule has 0 unspecified atom stereocenters. The summed E-state index contributed by atoms with van der Waals surface area (Å²) >= 11 is 0. The van der Waals surface area contributed by atoms with E-state index in [2.05, 4.69) is 6.72 Å². The molecule has 0 aliphatic heterocycles. The first-order valence-corrected chi connectivity index (χ1v) is 5.17. The summed E-state index contributed by atoms with van der Waals surface area (Å²) in [7, 11) is 0. The van der Waals surface area contributed by atoms with E-state index in [0.717, 1.165) is 11.4 Å². The van der Waals surface area contributed by atoms with Crippen LogP contribution in [-0.2, 0) is 0 Å². The van der Waals surface area contributed by atoms with E-state index < -0.39 is 0 Å². The van der Waals surface area contributed by atoms with Crippen LogP contribution >= 0.6 is 0 Å². The van der Waals surface area contributed by atoms with Gasteiger partial charge in [0.1, 0.15) is 12.5 Å². The van der Waals surface area contributed by atoms with Gasteiger partial charge in [0.2, 0.25) is 5.69 Å². The molecule has 16 heavy (non-hydrogen) atoms. The maximum atomic E-state index is 5.59. The van der Waals surface area contributed by atoms with Crippen molar-refractivity contribution in [3.05, 3.63) is 60.7 Å². The molecule has 0 radical (unpaired) electrons. The maximum absolute atomic E-state index is 5.59. The molecule has 2 heteroatoms. The third-order valence-corrected chi connectivity index (χ3v) is 2.25. The van der Waals surface area contributed by atoms with Crippen molar-refractivity contribution in [2.75, 3.05) is 6.73 Å². The Morgan fingerprint density at radius 3 is 2.06 bits per heavy atom. The normalized spacial score (nSPS) is 9.75. The lowest BCUT2D eigenvalue weighted by molar-refractivity contribution is -0.469. The largest absolute Gasteiger partial charge is 0.436 e. The SMILES string of the molecule is C=[N+](COc1ccccc1)c1ccccc1. The Morgan fingerprint density at radius 1 is 0.875 bits per heavy atom. The highest BCUT2D eigenvalue weighted by Gasteiger charge is 2.04. The molecule has 0 aliphatic carbocycles. The average Bonchev–Trinajstić information content (AvgIpc) is 2.38. The van der Waals surface area contributed by atoms with Gasteiger partial charge in [-0.25, -0.2) is 0 Å². The molecule has 80 valence electrons. The lowest BCUT2D eigenvalue weighted by Crippen LogP contribution is -2.11. The predicted octanol–water partition coefficient (Wildman–Crippen LogP) is 3.07. The molecule has 0 N–H and O–H groups in total. The number of hydrogen-bond acceptors (Lipinski definition) is 1. The Morgan fingerprint density at radius 2 is 1.44 bits per heavy atom. The third kappa shape index (κ3) is 2.70. The van der Waals surface area contributed by atoms with Crippen LogP contribution in [0.1, 0.15) is 0 Å². The first kappa shape index (κ1) is 10.4. The Hall–Kier alpha value is -2.09. The predicted molar refractivity (Wildman–Crippen MR) is 65.4 cm³/mol. The van der Waals surface area contributed by atoms with Crippen molar-refractivity contribution in [3.8, 4) is 5.75 Å². The van der Waals surface area contributed by atoms with E-state index >= 15 is 0 Å². The van der Waals surface area contributed by atoms with E-state index in [1.54, 1.807) is 0 Å². The van der Waals surface area contributed by atoms with Gasteiger partial charge in [0.15, 0.2) is 0 Å². The van der Waals surface area contributed by atoms with Crippen LogP contribution in [0.2, 0.25) is 0 Å². The summed E-state index contributed by atoms with van der Waals surface area (Å²) in [6.45, 7) is 4.37. The fourth-order valence-corrected chi connectivity index (χ4v) is 1.38. The molecule has 2 aromatic rings. The van der Waals surface area contributed by atoms with Crippen LogP contribution in [0.15, 0.2) is 60.7 Å². The molecule has 0 heterocycles. The van der Waals surface area contributed by atoms with Gasteiger partial charge in [-0.15, -0.1) is 0 Å². The monoisotopic (exact) mass is 212 g/mol. The van der Waals surface area contributed by atoms with Crippen molar-refractivity contribution < 1.29 is 9.31 Å². The highest BCUT2D eigenvalue weighted by molar-refractivity contribution is 5.33. The van der Waals surface area contributed by atoms with Crippen LogP contribution in [0, 0.1) is 0 Å². The van der Waals surface area contributed by atoms with Crippen LogP contribution in [0.4, 0.5) is 5.69 Å². The summed E-state index contributed by atoms with van der Waals surface area (Å²) in [5.41, 5.74) is 1.04. The van der Waals surface area contributed by atoms with Gasteiger partial charge in [0.05, 0.1) is 0 Å². The lowest BCUT2D eigenvalue weighted by atomic mass is 10.3. The minimum absolute atomic E-state index is 0.439. The molecule has 0 spiro atoms. The molecular formula is C14H14NO+. The van der Waals surface area contributed by atoms with E-state index in [1.807, 2.05) is 65.2 Å². The minimum Gasteiger partial charge on any atom is -0.436 e. The second kappa shape index (κ2) is 5.12. The molecule has 2 nitrogen and oxygen atoms in total. The second-order valence-electron chi connectivity index (χ2n) is 3.46. The molecule has 0 saturated heterocycles. The molecule has 0 atom stereocenters. The van der Waals surface area contributed by atoms with E-state index in [4.69, 9.17) is 4.74 Å². The van der Waals surface area contributed by atoms with Crippen molar-refractivity contribution in [1.29, 1.82) is 0 Å². The van der Waals surface area contributed by atoms with Gasteiger partial charge in [0, 0.05) is 12.1 Å². The topological polar surface area (TPSA) is 12.2 Å². The minimum atomic E-state index is 0.439. The van der Waals surface area contributed by atoms with Crippen LogP contribution < -0.4 is 4.74 Å². The fourth-order valence-electron chi connectivity index (χ4n) is 1.38. The van der Waals surface area contributed by atoms with Crippen LogP contribution in [-0.4, -0.2) is 18.0 Å². The number of ether oxygens (including phenoxy) is 1. The van der Waals surface area contributed by atoms with Gasteiger partial charge < -0.3 is 4.74 Å². The second-order valence-corrected chi connectivity index (χ2v) is 3.46. The van der Waals surface area contributed by atoms with Crippen molar-refractivity contribution in [3.63, 3.8) is 0 Å². The average molecular weight is 212 g/mol. The van der Waals surface area contributed by atoms with Gasteiger partial charge in [-0.1, -0.05) is 36.4 Å². The molecule has 0 aromatic heterocycles. The zero-order valence-electron chi connectivity index (χ0n) is 9.04. The smallest absolute Gasteiger partial charge is 0.292 e. The van der Waals surface area contributed by atoms with Crippen molar-refractivity contribution in [1.82, 2.24) is 0 Å². The molecule has 0 amide bonds. The summed E-state index contributed by atoms with van der Waals surface area (Å²) in [6, 6.07) is 19.7. The van der Waals surface area contributed by atoms with Gasteiger partial charge in [0.25, 0.3) is 6.73 Å². The highest BCUT2D eigenvalue weighted by Crippen LogP contribution is 2.12. The molecule has 2 aromatic carbocycles. The summed E-state index contributed by atoms with van der Waals surface area (Å²) in [5.74, 6) is 0.854. The summed E-state index contributed by atoms with van der Waals surface area (Å²) in [4.78, 5) is 0. The Balaban J connectivity index is 1.95. The zero-order chi connectivity index (χ0) is 11.2. The van der Waals surface area contributed by atoms with Crippen molar-refractivity contribution in [2.24, 2.45) is 0 Å². The first-order valence-electron chi connectivity index (χ1n) is 5.17. The van der Waals surface area contributed by atoms with E-state index in [-0.39, 0.29) is 0 Å².